The first kappa shape index (κ1) is 15.0. The lowest BCUT2D eigenvalue weighted by molar-refractivity contribution is -0.135. The number of rotatable bonds is 6. The average Bonchev–Trinajstić information content (AvgIpc) is 3.01. The van der Waals surface area contributed by atoms with Gasteiger partial charge in [-0.25, -0.2) is 4.79 Å². The van der Waals surface area contributed by atoms with E-state index in [1.165, 1.54) is 0 Å². The average molecular weight is 282 g/mol. The van der Waals surface area contributed by atoms with Crippen molar-refractivity contribution in [2.24, 2.45) is 5.92 Å². The number of ketones is 1. The Morgan fingerprint density at radius 2 is 2.25 bits per heavy atom. The van der Waals surface area contributed by atoms with Crippen molar-refractivity contribution < 1.29 is 19.1 Å². The van der Waals surface area contributed by atoms with E-state index in [0.717, 1.165) is 17.7 Å². The van der Waals surface area contributed by atoms with Gasteiger partial charge in [0.05, 0.1) is 13.2 Å². The molecule has 6 heteroatoms. The number of carbonyl (C=O) groups excluding carboxylic acids is 3. The molecule has 2 rings (SSSR count). The van der Waals surface area contributed by atoms with Crippen molar-refractivity contribution in [2.45, 2.75) is 45.1 Å². The van der Waals surface area contributed by atoms with Crippen LogP contribution in [0.4, 0.5) is 4.79 Å². The summed E-state index contributed by atoms with van der Waals surface area (Å²) in [5.74, 6) is -0.563. The maximum Gasteiger partial charge on any atom is 0.325 e. The zero-order valence-corrected chi connectivity index (χ0v) is 12.1. The number of nitrogens with one attached hydrogen (secondary N) is 1. The maximum absolute atomic E-state index is 12.4. The first-order chi connectivity index (χ1) is 9.48. The third-order valence-corrected chi connectivity index (χ3v) is 4.07. The number of unbranched alkanes of at least 4 members (excludes halogenated alkanes) is 1. The summed E-state index contributed by atoms with van der Waals surface area (Å²) >= 11 is 0. The molecule has 0 bridgehead atoms. The van der Waals surface area contributed by atoms with Gasteiger partial charge in [-0.2, -0.15) is 0 Å². The summed E-state index contributed by atoms with van der Waals surface area (Å²) in [5, 5.41) is 2.71. The van der Waals surface area contributed by atoms with E-state index in [1.807, 2.05) is 6.92 Å². The summed E-state index contributed by atoms with van der Waals surface area (Å²) in [6.07, 6.45) is 3.10. The van der Waals surface area contributed by atoms with Gasteiger partial charge in [-0.05, 0) is 19.8 Å². The number of carbonyl (C=O) groups is 3. The summed E-state index contributed by atoms with van der Waals surface area (Å²) in [7, 11) is 0. The Morgan fingerprint density at radius 3 is 2.85 bits per heavy atom. The molecule has 0 aromatic carbocycles. The summed E-state index contributed by atoms with van der Waals surface area (Å²) in [6, 6.07) is -0.458. The van der Waals surface area contributed by atoms with Crippen molar-refractivity contribution in [1.29, 1.82) is 0 Å². The molecule has 0 aliphatic carbocycles. The number of urea groups is 1. The van der Waals surface area contributed by atoms with Gasteiger partial charge < -0.3 is 10.1 Å². The molecular weight excluding hydrogens is 260 g/mol. The van der Waals surface area contributed by atoms with Crippen LogP contribution in [0.2, 0.25) is 0 Å². The summed E-state index contributed by atoms with van der Waals surface area (Å²) in [5.41, 5.74) is -0.862. The van der Waals surface area contributed by atoms with E-state index in [4.69, 9.17) is 4.74 Å². The Balaban J connectivity index is 1.99. The highest BCUT2D eigenvalue weighted by Gasteiger charge is 2.48. The Morgan fingerprint density at radius 1 is 1.50 bits per heavy atom. The summed E-state index contributed by atoms with van der Waals surface area (Å²) in [6.45, 7) is 4.60. The number of ether oxygens (including phenoxy) is 1. The van der Waals surface area contributed by atoms with E-state index < -0.39 is 11.6 Å². The molecular formula is C14H22N2O4. The minimum absolute atomic E-state index is 0.0919. The molecule has 6 nitrogen and oxygen atoms in total. The molecule has 2 fully saturated rings. The lowest BCUT2D eigenvalue weighted by atomic mass is 9.95. The van der Waals surface area contributed by atoms with Crippen molar-refractivity contribution in [3.63, 3.8) is 0 Å². The highest BCUT2D eigenvalue weighted by Crippen LogP contribution is 2.24. The molecule has 2 heterocycles. The van der Waals surface area contributed by atoms with Crippen LogP contribution in [0.5, 0.6) is 0 Å². The van der Waals surface area contributed by atoms with E-state index in [9.17, 15) is 14.4 Å². The standard InChI is InChI=1S/C14H22N2O4/c1-3-4-6-14(2)12(18)16(13(19)15-14)8-11(17)10-5-7-20-9-10/h10H,3-9H2,1-2H3,(H,15,19). The molecule has 3 amide bonds. The molecule has 112 valence electrons. The number of imide groups is 1. The van der Waals surface area contributed by atoms with E-state index in [2.05, 4.69) is 5.32 Å². The lowest BCUT2D eigenvalue weighted by Crippen LogP contribution is -2.44. The van der Waals surface area contributed by atoms with Crippen LogP contribution in [0.25, 0.3) is 0 Å². The van der Waals surface area contributed by atoms with Crippen LogP contribution in [0.3, 0.4) is 0 Å². The molecule has 0 aromatic rings. The quantitative estimate of drug-likeness (QED) is 0.740. The highest BCUT2D eigenvalue weighted by atomic mass is 16.5. The minimum atomic E-state index is -0.862. The molecule has 2 saturated heterocycles. The Hall–Kier alpha value is -1.43. The van der Waals surface area contributed by atoms with Gasteiger partial charge >= 0.3 is 6.03 Å². The van der Waals surface area contributed by atoms with Crippen molar-refractivity contribution >= 4 is 17.7 Å². The van der Waals surface area contributed by atoms with Crippen LogP contribution < -0.4 is 5.32 Å². The fourth-order valence-electron chi connectivity index (χ4n) is 2.66. The molecule has 0 aromatic heterocycles. The molecule has 20 heavy (non-hydrogen) atoms. The molecule has 2 unspecified atom stereocenters. The van der Waals surface area contributed by atoms with Gasteiger partial charge in [0.1, 0.15) is 5.54 Å². The number of Topliss-reactive ketones (excluding diaryl/α,β-unsaturated/α-hetero) is 1. The minimum Gasteiger partial charge on any atom is -0.381 e. The van der Waals surface area contributed by atoms with E-state index in [0.29, 0.717) is 26.1 Å². The Bertz CT molecular complexity index is 417. The first-order valence-electron chi connectivity index (χ1n) is 7.22. The van der Waals surface area contributed by atoms with Gasteiger partial charge in [0.15, 0.2) is 5.78 Å². The third kappa shape index (κ3) is 2.85. The van der Waals surface area contributed by atoms with Gasteiger partial charge in [0.25, 0.3) is 5.91 Å². The largest absolute Gasteiger partial charge is 0.381 e. The molecule has 0 saturated carbocycles. The number of amides is 3. The summed E-state index contributed by atoms with van der Waals surface area (Å²) in [4.78, 5) is 37.4. The van der Waals surface area contributed by atoms with Crippen LogP contribution in [0, 0.1) is 5.92 Å². The third-order valence-electron chi connectivity index (χ3n) is 4.07. The predicted octanol–water partition coefficient (Wildman–Crippen LogP) is 1.09. The molecule has 1 N–H and O–H groups in total. The maximum atomic E-state index is 12.4. The van der Waals surface area contributed by atoms with E-state index in [1.54, 1.807) is 6.92 Å². The van der Waals surface area contributed by atoms with E-state index in [-0.39, 0.29) is 24.2 Å². The fraction of sp³-hybridized carbons (Fsp3) is 0.786. The first-order valence-corrected chi connectivity index (χ1v) is 7.22. The number of hydrogen-bond donors (Lipinski definition) is 1. The van der Waals surface area contributed by atoms with Crippen LogP contribution in [0.1, 0.15) is 39.5 Å². The van der Waals surface area contributed by atoms with Crippen molar-refractivity contribution in [3.8, 4) is 0 Å². The van der Waals surface area contributed by atoms with Gasteiger partial charge in [0, 0.05) is 12.5 Å². The molecule has 0 spiro atoms. The fourth-order valence-corrected chi connectivity index (χ4v) is 2.66. The zero-order chi connectivity index (χ0) is 14.8. The number of hydrogen-bond acceptors (Lipinski definition) is 4. The van der Waals surface area contributed by atoms with Gasteiger partial charge in [0.2, 0.25) is 0 Å². The second-order valence-corrected chi connectivity index (χ2v) is 5.78. The van der Waals surface area contributed by atoms with Crippen molar-refractivity contribution in [2.75, 3.05) is 19.8 Å². The topological polar surface area (TPSA) is 75.7 Å². The van der Waals surface area contributed by atoms with Gasteiger partial charge in [-0.3, -0.25) is 14.5 Å². The smallest absolute Gasteiger partial charge is 0.325 e. The number of nitrogens with zero attached hydrogens (tertiary/aromatic N) is 1. The second-order valence-electron chi connectivity index (χ2n) is 5.78. The Kier molecular flexibility index (Phi) is 4.42. The SMILES string of the molecule is CCCCC1(C)NC(=O)N(CC(=O)C2CCOC2)C1=O. The highest BCUT2D eigenvalue weighted by molar-refractivity contribution is 6.09. The molecule has 0 radical (unpaired) electrons. The Labute approximate surface area is 118 Å². The predicted molar refractivity (Wildman–Crippen MR) is 72.1 cm³/mol. The van der Waals surface area contributed by atoms with Crippen LogP contribution in [0.15, 0.2) is 0 Å². The van der Waals surface area contributed by atoms with Crippen LogP contribution in [-0.4, -0.2) is 47.9 Å². The lowest BCUT2D eigenvalue weighted by Gasteiger charge is -2.21. The van der Waals surface area contributed by atoms with Crippen LogP contribution in [-0.2, 0) is 14.3 Å². The van der Waals surface area contributed by atoms with Crippen molar-refractivity contribution in [3.05, 3.63) is 0 Å². The molecule has 2 aliphatic rings. The molecule has 2 aliphatic heterocycles. The van der Waals surface area contributed by atoms with Crippen molar-refractivity contribution in [1.82, 2.24) is 10.2 Å². The van der Waals surface area contributed by atoms with Gasteiger partial charge in [-0.1, -0.05) is 19.8 Å². The second kappa shape index (κ2) is 5.91. The van der Waals surface area contributed by atoms with E-state index >= 15 is 0 Å². The molecule has 2 atom stereocenters. The monoisotopic (exact) mass is 282 g/mol. The normalized spacial score (nSPS) is 29.9. The van der Waals surface area contributed by atoms with Gasteiger partial charge in [-0.15, -0.1) is 0 Å². The van der Waals surface area contributed by atoms with Crippen LogP contribution >= 0.6 is 0 Å². The zero-order valence-electron chi connectivity index (χ0n) is 12.1. The summed E-state index contributed by atoms with van der Waals surface area (Å²) < 4.78 is 5.17.